The number of aromatic nitrogens is 3. The van der Waals surface area contributed by atoms with Crippen molar-refractivity contribution in [2.75, 3.05) is 0 Å². The fraction of sp³-hybridized carbons (Fsp3) is 0.240. The van der Waals surface area contributed by atoms with Gasteiger partial charge in [-0.2, -0.15) is 9.80 Å². The number of ketones is 1. The Morgan fingerprint density at radius 1 is 1.15 bits per heavy atom. The fourth-order valence-electron chi connectivity index (χ4n) is 3.41. The summed E-state index contributed by atoms with van der Waals surface area (Å²) in [5.41, 5.74) is 4.67. The normalized spacial score (nSPS) is 11.4. The predicted octanol–water partition coefficient (Wildman–Crippen LogP) is 6.56. The summed E-state index contributed by atoms with van der Waals surface area (Å²) < 4.78 is 1.39. The van der Waals surface area contributed by atoms with Crippen LogP contribution in [0.4, 0.5) is 11.4 Å². The molecule has 2 heterocycles. The lowest BCUT2D eigenvalue weighted by Gasteiger charge is -2.01. The predicted molar refractivity (Wildman–Crippen MR) is 131 cm³/mol. The molecule has 2 aromatic carbocycles. The molecule has 0 atom stereocenters. The summed E-state index contributed by atoms with van der Waals surface area (Å²) in [7, 11) is 0. The molecule has 8 heteroatoms. The smallest absolute Gasteiger partial charge is 0.295 e. The number of carbonyl (C=O) groups excluding carboxylic acids is 1. The number of H-pyrrole nitrogens is 1. The van der Waals surface area contributed by atoms with E-state index >= 15 is 0 Å². The number of nitrogens with zero attached hydrogens (tertiary/aromatic N) is 4. The van der Waals surface area contributed by atoms with E-state index in [1.165, 1.54) is 41.3 Å². The van der Waals surface area contributed by atoms with E-state index in [0.717, 1.165) is 17.7 Å². The summed E-state index contributed by atoms with van der Waals surface area (Å²) in [5, 5.41) is 13.8. The molecule has 0 saturated heterocycles. The highest BCUT2D eigenvalue weighted by atomic mass is 32.1. The first-order valence-corrected chi connectivity index (χ1v) is 11.7. The second kappa shape index (κ2) is 9.87. The molecule has 0 radical (unpaired) electrons. The Hall–Kier alpha value is -3.65. The highest BCUT2D eigenvalue weighted by Gasteiger charge is 2.15. The molecule has 0 unspecified atom stereocenters. The largest absolute Gasteiger partial charge is 0.301 e. The molecule has 0 saturated carbocycles. The van der Waals surface area contributed by atoms with Crippen LogP contribution < -0.4 is 5.56 Å². The van der Waals surface area contributed by atoms with Crippen LogP contribution in [0.25, 0.3) is 16.4 Å². The van der Waals surface area contributed by atoms with Gasteiger partial charge in [-0.25, -0.2) is 4.98 Å². The van der Waals surface area contributed by atoms with Crippen molar-refractivity contribution >= 4 is 28.5 Å². The zero-order valence-corrected chi connectivity index (χ0v) is 19.6. The van der Waals surface area contributed by atoms with E-state index in [4.69, 9.17) is 0 Å². The van der Waals surface area contributed by atoms with Gasteiger partial charge in [-0.05, 0) is 44.4 Å². The summed E-state index contributed by atoms with van der Waals surface area (Å²) in [6, 6.07) is 15.2. The Bertz CT molecular complexity index is 1360. The number of aryl methyl sites for hydroxylation is 2. The van der Waals surface area contributed by atoms with Gasteiger partial charge in [-0.3, -0.25) is 14.7 Å². The number of aromatic amines is 1. The van der Waals surface area contributed by atoms with Crippen LogP contribution in [-0.4, -0.2) is 20.5 Å². The number of azo groups is 1. The molecular formula is C25H25N5O2S. The van der Waals surface area contributed by atoms with Crippen molar-refractivity contribution in [2.24, 2.45) is 10.2 Å². The average Bonchev–Trinajstić information content (AvgIpc) is 3.41. The molecule has 4 aromatic rings. The first-order valence-electron chi connectivity index (χ1n) is 10.9. The van der Waals surface area contributed by atoms with E-state index in [-0.39, 0.29) is 17.0 Å². The van der Waals surface area contributed by atoms with Gasteiger partial charge in [-0.15, -0.1) is 16.5 Å². The monoisotopic (exact) mass is 459 g/mol. The molecular weight excluding hydrogens is 434 g/mol. The Balaban J connectivity index is 1.57. The number of Topliss-reactive ketones (excluding diaryl/α,β-unsaturated/α-hetero) is 1. The number of nitrogens with one attached hydrogen (secondary N) is 1. The third-order valence-corrected chi connectivity index (χ3v) is 6.14. The molecule has 7 nitrogen and oxygen atoms in total. The van der Waals surface area contributed by atoms with E-state index in [0.29, 0.717) is 22.1 Å². The van der Waals surface area contributed by atoms with Crippen LogP contribution in [0.1, 0.15) is 48.3 Å². The third kappa shape index (κ3) is 5.06. The second-order valence-corrected chi connectivity index (χ2v) is 8.68. The van der Waals surface area contributed by atoms with E-state index in [1.807, 2.05) is 5.38 Å². The Morgan fingerprint density at radius 2 is 1.94 bits per heavy atom. The Morgan fingerprint density at radius 3 is 2.67 bits per heavy atom. The molecule has 4 rings (SSSR count). The van der Waals surface area contributed by atoms with Gasteiger partial charge in [-0.1, -0.05) is 49.7 Å². The Labute approximate surface area is 195 Å². The standard InChI is InChI=1S/C25H25N5O2S/c1-4-5-7-18-10-12-19(13-11-18)22-15-33-25(26-22)30-24(32)23(16(2)29-30)28-27-21-9-6-8-20(14-21)17(3)31/h6,8-15,29H,4-5,7H2,1-3H3. The molecule has 0 bridgehead atoms. The van der Waals surface area contributed by atoms with Gasteiger partial charge in [0.2, 0.25) is 5.13 Å². The van der Waals surface area contributed by atoms with Crippen LogP contribution in [0, 0.1) is 6.92 Å². The maximum Gasteiger partial charge on any atom is 0.301 e. The van der Waals surface area contributed by atoms with E-state index < -0.39 is 0 Å². The number of rotatable bonds is 8. The molecule has 33 heavy (non-hydrogen) atoms. The quantitative estimate of drug-likeness (QED) is 0.239. The van der Waals surface area contributed by atoms with Gasteiger partial charge < -0.3 is 0 Å². The molecule has 0 aliphatic carbocycles. The number of unbranched alkanes of at least 4 members (excludes halogenated alkanes) is 1. The third-order valence-electron chi connectivity index (χ3n) is 5.31. The summed E-state index contributed by atoms with van der Waals surface area (Å²) in [5.74, 6) is -0.0533. The molecule has 0 aliphatic heterocycles. The molecule has 168 valence electrons. The lowest BCUT2D eigenvalue weighted by molar-refractivity contribution is 0.101. The van der Waals surface area contributed by atoms with Crippen molar-refractivity contribution in [3.05, 3.63) is 81.1 Å². The van der Waals surface area contributed by atoms with E-state index in [1.54, 1.807) is 31.2 Å². The number of benzene rings is 2. The molecule has 0 spiro atoms. The fourth-order valence-corrected chi connectivity index (χ4v) is 4.20. The van der Waals surface area contributed by atoms with Crippen molar-refractivity contribution in [1.29, 1.82) is 0 Å². The summed E-state index contributed by atoms with van der Waals surface area (Å²) in [6.45, 7) is 5.45. The summed E-state index contributed by atoms with van der Waals surface area (Å²) in [6.07, 6.45) is 3.43. The van der Waals surface area contributed by atoms with Crippen LogP contribution >= 0.6 is 11.3 Å². The molecule has 0 amide bonds. The van der Waals surface area contributed by atoms with Gasteiger partial charge in [0, 0.05) is 16.5 Å². The number of carbonyl (C=O) groups is 1. The minimum atomic E-state index is -0.324. The first-order chi connectivity index (χ1) is 16.0. The van der Waals surface area contributed by atoms with Crippen LogP contribution in [0.2, 0.25) is 0 Å². The van der Waals surface area contributed by atoms with E-state index in [2.05, 4.69) is 51.5 Å². The topological polar surface area (TPSA) is 92.5 Å². The van der Waals surface area contributed by atoms with Crippen LogP contribution in [0.5, 0.6) is 0 Å². The molecule has 0 fully saturated rings. The zero-order valence-electron chi connectivity index (χ0n) is 18.8. The maximum absolute atomic E-state index is 13.0. The van der Waals surface area contributed by atoms with Gasteiger partial charge in [0.25, 0.3) is 0 Å². The average molecular weight is 460 g/mol. The van der Waals surface area contributed by atoms with Crippen LogP contribution in [0.3, 0.4) is 0 Å². The van der Waals surface area contributed by atoms with Gasteiger partial charge in [0.15, 0.2) is 11.5 Å². The Kier molecular flexibility index (Phi) is 6.74. The van der Waals surface area contributed by atoms with Crippen molar-refractivity contribution in [3.8, 4) is 16.4 Å². The molecule has 2 aromatic heterocycles. The SMILES string of the molecule is CCCCc1ccc(-c2csc(-n3[nH]c(C)c(N=Nc4cccc(C(C)=O)c4)c3=O)n2)cc1. The van der Waals surface area contributed by atoms with E-state index in [9.17, 15) is 9.59 Å². The van der Waals surface area contributed by atoms with Gasteiger partial charge >= 0.3 is 5.56 Å². The van der Waals surface area contributed by atoms with Crippen LogP contribution in [0.15, 0.2) is 68.9 Å². The lowest BCUT2D eigenvalue weighted by atomic mass is 10.1. The van der Waals surface area contributed by atoms with Gasteiger partial charge in [0.1, 0.15) is 0 Å². The van der Waals surface area contributed by atoms with Crippen molar-refractivity contribution < 1.29 is 4.79 Å². The van der Waals surface area contributed by atoms with Crippen molar-refractivity contribution in [1.82, 2.24) is 14.8 Å². The molecule has 0 aliphatic rings. The minimum absolute atomic E-state index is 0.0533. The van der Waals surface area contributed by atoms with Crippen molar-refractivity contribution in [2.45, 2.75) is 40.0 Å². The highest BCUT2D eigenvalue weighted by molar-refractivity contribution is 7.12. The number of thiazole rings is 1. The second-order valence-electron chi connectivity index (χ2n) is 7.85. The lowest BCUT2D eigenvalue weighted by Crippen LogP contribution is -2.13. The number of hydrogen-bond donors (Lipinski definition) is 1. The summed E-state index contributed by atoms with van der Waals surface area (Å²) >= 11 is 1.38. The minimum Gasteiger partial charge on any atom is -0.295 e. The first kappa shape index (κ1) is 22.5. The van der Waals surface area contributed by atoms with Gasteiger partial charge in [0.05, 0.1) is 17.1 Å². The van der Waals surface area contributed by atoms with Crippen molar-refractivity contribution in [3.63, 3.8) is 0 Å². The number of hydrogen-bond acceptors (Lipinski definition) is 6. The molecule has 1 N–H and O–H groups in total. The van der Waals surface area contributed by atoms with Crippen LogP contribution in [-0.2, 0) is 6.42 Å². The zero-order chi connectivity index (χ0) is 23.4. The maximum atomic E-state index is 13.0. The highest BCUT2D eigenvalue weighted by Crippen LogP contribution is 2.25. The summed E-state index contributed by atoms with van der Waals surface area (Å²) in [4.78, 5) is 29.2.